The molecule has 2 amide bonds. The summed E-state index contributed by atoms with van der Waals surface area (Å²) in [5, 5.41) is 0. The van der Waals surface area contributed by atoms with Gasteiger partial charge in [0.2, 0.25) is 11.8 Å². The molecule has 0 radical (unpaired) electrons. The molecule has 1 fully saturated rings. The van der Waals surface area contributed by atoms with Crippen LogP contribution in [0.2, 0.25) is 0 Å². The molecule has 0 spiro atoms. The summed E-state index contributed by atoms with van der Waals surface area (Å²) in [5.74, 6) is 0.682. The maximum absolute atomic E-state index is 13.2. The van der Waals surface area contributed by atoms with Crippen LogP contribution in [0.25, 0.3) is 0 Å². The van der Waals surface area contributed by atoms with Gasteiger partial charge in [-0.2, -0.15) is 0 Å². The van der Waals surface area contributed by atoms with Crippen LogP contribution >= 0.6 is 0 Å². The Bertz CT molecular complexity index is 1110. The van der Waals surface area contributed by atoms with Crippen LogP contribution in [0.5, 0.6) is 5.75 Å². The molecular weight excluding hydrogens is 454 g/mol. The van der Waals surface area contributed by atoms with Gasteiger partial charge in [0, 0.05) is 38.4 Å². The highest BCUT2D eigenvalue weighted by Crippen LogP contribution is 2.18. The minimum absolute atomic E-state index is 0.0134. The Balaban J connectivity index is 1.42. The van der Waals surface area contributed by atoms with Crippen LogP contribution in [0, 0.1) is 0 Å². The summed E-state index contributed by atoms with van der Waals surface area (Å²) in [7, 11) is 1.63. The van der Waals surface area contributed by atoms with E-state index in [4.69, 9.17) is 9.47 Å². The first-order valence-corrected chi connectivity index (χ1v) is 12.3. The fourth-order valence-corrected chi connectivity index (χ4v) is 4.32. The number of methoxy groups -OCH3 is 1. The highest BCUT2D eigenvalue weighted by Gasteiger charge is 2.30. The third kappa shape index (κ3) is 7.39. The van der Waals surface area contributed by atoms with E-state index in [2.05, 4.69) is 17.1 Å². The van der Waals surface area contributed by atoms with Crippen molar-refractivity contribution in [3.63, 3.8) is 0 Å². The minimum Gasteiger partial charge on any atom is -0.497 e. The lowest BCUT2D eigenvalue weighted by Gasteiger charge is -2.25. The van der Waals surface area contributed by atoms with Crippen LogP contribution in [0.15, 0.2) is 79.1 Å². The standard InChI is InChI=1S/C29H33N3O4/c1-35-26-14-12-24(13-15-26)18-31-19-27(36-22-25-10-6-16-30-17-25)20-32(21-29(31)34)28(33)11-5-9-23-7-3-2-4-8-23/h2-4,6-8,10,12-17,27H,5,9,11,18-22H2,1H3/t27-/m1/s1. The van der Waals surface area contributed by atoms with E-state index in [1.165, 1.54) is 5.56 Å². The molecule has 0 N–H and O–H groups in total. The van der Waals surface area contributed by atoms with Crippen LogP contribution in [0.4, 0.5) is 0 Å². The van der Waals surface area contributed by atoms with Gasteiger partial charge in [0.05, 0.1) is 26.4 Å². The first-order chi connectivity index (χ1) is 17.6. The lowest BCUT2D eigenvalue weighted by molar-refractivity contribution is -0.139. The smallest absolute Gasteiger partial charge is 0.242 e. The number of hydrogen-bond acceptors (Lipinski definition) is 5. The minimum atomic E-state index is -0.298. The predicted octanol–water partition coefficient (Wildman–Crippen LogP) is 3.87. The molecule has 0 bridgehead atoms. The molecule has 1 saturated heterocycles. The summed E-state index contributed by atoms with van der Waals surface area (Å²) in [6.45, 7) is 1.69. The summed E-state index contributed by atoms with van der Waals surface area (Å²) in [6.07, 6.45) is 5.16. The normalized spacial score (nSPS) is 16.0. The van der Waals surface area contributed by atoms with Crippen LogP contribution in [-0.2, 0) is 33.9 Å². The molecular formula is C29H33N3O4. The first kappa shape index (κ1) is 25.4. The van der Waals surface area contributed by atoms with Gasteiger partial charge < -0.3 is 19.3 Å². The highest BCUT2D eigenvalue weighted by molar-refractivity contribution is 5.85. The second-order valence-corrected chi connectivity index (χ2v) is 9.03. The van der Waals surface area contributed by atoms with E-state index in [9.17, 15) is 9.59 Å². The molecule has 36 heavy (non-hydrogen) atoms. The Kier molecular flexibility index (Phi) is 9.05. The lowest BCUT2D eigenvalue weighted by atomic mass is 10.1. The van der Waals surface area contributed by atoms with Crippen LogP contribution < -0.4 is 4.74 Å². The van der Waals surface area contributed by atoms with Crippen molar-refractivity contribution in [3.05, 3.63) is 95.8 Å². The van der Waals surface area contributed by atoms with Gasteiger partial charge in [-0.1, -0.05) is 48.5 Å². The number of carbonyl (C=O) groups is 2. The summed E-state index contributed by atoms with van der Waals surface area (Å²) in [6, 6.07) is 21.6. The molecule has 188 valence electrons. The van der Waals surface area contributed by atoms with Gasteiger partial charge in [0.15, 0.2) is 0 Å². The van der Waals surface area contributed by atoms with Crippen LogP contribution in [-0.4, -0.2) is 59.4 Å². The molecule has 7 nitrogen and oxygen atoms in total. The van der Waals surface area contributed by atoms with Crippen molar-refractivity contribution in [3.8, 4) is 5.75 Å². The molecule has 1 aromatic heterocycles. The largest absolute Gasteiger partial charge is 0.497 e. The van der Waals surface area contributed by atoms with Crippen LogP contribution in [0.3, 0.4) is 0 Å². The van der Waals surface area contributed by atoms with Gasteiger partial charge in [0.25, 0.3) is 0 Å². The number of aromatic nitrogens is 1. The third-order valence-electron chi connectivity index (χ3n) is 6.32. The molecule has 1 aliphatic rings. The molecule has 3 aromatic rings. The molecule has 0 saturated carbocycles. The topological polar surface area (TPSA) is 72.0 Å². The monoisotopic (exact) mass is 487 g/mol. The van der Waals surface area contributed by atoms with Gasteiger partial charge in [0.1, 0.15) is 5.75 Å². The quantitative estimate of drug-likeness (QED) is 0.434. The molecule has 0 aliphatic carbocycles. The Labute approximate surface area is 212 Å². The van der Waals surface area contributed by atoms with E-state index in [-0.39, 0.29) is 24.5 Å². The second-order valence-electron chi connectivity index (χ2n) is 9.03. The Morgan fingerprint density at radius 3 is 2.47 bits per heavy atom. The number of rotatable bonds is 10. The summed E-state index contributed by atoms with van der Waals surface area (Å²) in [4.78, 5) is 33.9. The van der Waals surface area contributed by atoms with E-state index in [1.807, 2.05) is 54.6 Å². The number of carbonyl (C=O) groups excluding carboxylic acids is 2. The summed E-state index contributed by atoms with van der Waals surface area (Å²) in [5.41, 5.74) is 3.16. The highest BCUT2D eigenvalue weighted by atomic mass is 16.5. The van der Waals surface area contributed by atoms with E-state index in [0.717, 1.165) is 29.7 Å². The van der Waals surface area contributed by atoms with Crippen molar-refractivity contribution in [1.82, 2.24) is 14.8 Å². The van der Waals surface area contributed by atoms with Gasteiger partial charge in [-0.25, -0.2) is 0 Å². The Morgan fingerprint density at radius 2 is 1.75 bits per heavy atom. The number of ether oxygens (including phenoxy) is 2. The number of pyridine rings is 1. The number of benzene rings is 2. The molecule has 2 aromatic carbocycles. The molecule has 7 heteroatoms. The molecule has 1 atom stereocenters. The van der Waals surface area contributed by atoms with Gasteiger partial charge >= 0.3 is 0 Å². The first-order valence-electron chi connectivity index (χ1n) is 12.3. The Hall–Kier alpha value is -3.71. The average Bonchev–Trinajstić information content (AvgIpc) is 3.07. The van der Waals surface area contributed by atoms with Crippen LogP contribution in [0.1, 0.15) is 29.5 Å². The number of hydrogen-bond donors (Lipinski definition) is 0. The Morgan fingerprint density at radius 1 is 0.972 bits per heavy atom. The van der Waals surface area contributed by atoms with Crippen molar-refractivity contribution in [1.29, 1.82) is 0 Å². The zero-order chi connectivity index (χ0) is 25.2. The number of aryl methyl sites for hydroxylation is 1. The zero-order valence-corrected chi connectivity index (χ0v) is 20.7. The lowest BCUT2D eigenvalue weighted by Crippen LogP contribution is -2.39. The van der Waals surface area contributed by atoms with E-state index < -0.39 is 0 Å². The van der Waals surface area contributed by atoms with Crippen molar-refractivity contribution in [2.24, 2.45) is 0 Å². The van der Waals surface area contributed by atoms with Crippen molar-refractivity contribution in [2.75, 3.05) is 26.7 Å². The van der Waals surface area contributed by atoms with Gasteiger partial charge in [-0.15, -0.1) is 0 Å². The van der Waals surface area contributed by atoms with E-state index >= 15 is 0 Å². The summed E-state index contributed by atoms with van der Waals surface area (Å²) >= 11 is 0. The van der Waals surface area contributed by atoms with Crippen molar-refractivity contribution in [2.45, 2.75) is 38.5 Å². The second kappa shape index (κ2) is 12.8. The van der Waals surface area contributed by atoms with E-state index in [1.54, 1.807) is 29.3 Å². The fourth-order valence-electron chi connectivity index (χ4n) is 4.32. The summed E-state index contributed by atoms with van der Waals surface area (Å²) < 4.78 is 11.5. The van der Waals surface area contributed by atoms with Crippen molar-refractivity contribution >= 4 is 11.8 Å². The maximum Gasteiger partial charge on any atom is 0.242 e. The number of nitrogens with zero attached hydrogens (tertiary/aromatic N) is 3. The molecule has 0 unspecified atom stereocenters. The zero-order valence-electron chi connectivity index (χ0n) is 20.7. The third-order valence-corrected chi connectivity index (χ3v) is 6.32. The fraction of sp³-hybridized carbons (Fsp3) is 0.345. The molecule has 1 aliphatic heterocycles. The SMILES string of the molecule is COc1ccc(CN2C[C@@H](OCc3cccnc3)CN(C(=O)CCCc3ccccc3)CC2=O)cc1. The van der Waals surface area contributed by atoms with Gasteiger partial charge in [-0.3, -0.25) is 14.6 Å². The predicted molar refractivity (Wildman–Crippen MR) is 137 cm³/mol. The van der Waals surface area contributed by atoms with E-state index in [0.29, 0.717) is 32.7 Å². The average molecular weight is 488 g/mol. The van der Waals surface area contributed by atoms with Gasteiger partial charge in [-0.05, 0) is 47.7 Å². The maximum atomic E-state index is 13.2. The van der Waals surface area contributed by atoms with Crippen molar-refractivity contribution < 1.29 is 19.1 Å². The number of amides is 2. The molecule has 4 rings (SSSR count). The molecule has 2 heterocycles.